The highest BCUT2D eigenvalue weighted by Gasteiger charge is 2.28. The number of ether oxygens (including phenoxy) is 3. The summed E-state index contributed by atoms with van der Waals surface area (Å²) in [6.07, 6.45) is 0. The highest BCUT2D eigenvalue weighted by Crippen LogP contribution is 2.35. The van der Waals surface area contributed by atoms with Gasteiger partial charge in [-0.1, -0.05) is 12.1 Å². The molecule has 0 aliphatic heterocycles. The fraction of sp³-hybridized carbons (Fsp3) is 0.300. The van der Waals surface area contributed by atoms with Crippen molar-refractivity contribution in [3.05, 3.63) is 45.8 Å². The molecule has 0 bridgehead atoms. The van der Waals surface area contributed by atoms with Gasteiger partial charge in [-0.25, -0.2) is 9.59 Å². The van der Waals surface area contributed by atoms with Gasteiger partial charge in [-0.3, -0.25) is 9.59 Å². The molecule has 2 aromatic rings. The van der Waals surface area contributed by atoms with E-state index in [9.17, 15) is 19.2 Å². The summed E-state index contributed by atoms with van der Waals surface area (Å²) in [4.78, 5) is 48.9. The molecule has 29 heavy (non-hydrogen) atoms. The van der Waals surface area contributed by atoms with Crippen molar-refractivity contribution in [1.82, 2.24) is 0 Å². The Morgan fingerprint density at radius 1 is 1.00 bits per heavy atom. The summed E-state index contributed by atoms with van der Waals surface area (Å²) in [5.41, 5.74) is 0.537. The fourth-order valence-corrected chi connectivity index (χ4v) is 3.59. The summed E-state index contributed by atoms with van der Waals surface area (Å²) in [6, 6.07) is 6.18. The van der Waals surface area contributed by atoms with Crippen molar-refractivity contribution in [3.63, 3.8) is 0 Å². The Labute approximate surface area is 171 Å². The first kappa shape index (κ1) is 22.1. The zero-order chi connectivity index (χ0) is 21.6. The van der Waals surface area contributed by atoms with E-state index in [1.54, 1.807) is 32.9 Å². The van der Waals surface area contributed by atoms with Gasteiger partial charge in [-0.2, -0.15) is 0 Å². The lowest BCUT2D eigenvalue weighted by atomic mass is 10.1. The largest absolute Gasteiger partial charge is 0.462 e. The predicted molar refractivity (Wildman–Crippen MR) is 107 cm³/mol. The molecule has 0 saturated carbocycles. The first-order valence-electron chi connectivity index (χ1n) is 8.86. The second-order valence-electron chi connectivity index (χ2n) is 5.75. The van der Waals surface area contributed by atoms with Crippen LogP contribution >= 0.6 is 11.3 Å². The smallest absolute Gasteiger partial charge is 0.348 e. The Kier molecular flexibility index (Phi) is 7.49. The number of amides is 1. The van der Waals surface area contributed by atoms with Crippen LogP contribution in [0.15, 0.2) is 24.3 Å². The Morgan fingerprint density at radius 3 is 2.24 bits per heavy atom. The number of hydrogen-bond donors (Lipinski definition) is 1. The van der Waals surface area contributed by atoms with E-state index < -0.39 is 23.8 Å². The lowest BCUT2D eigenvalue weighted by molar-refractivity contribution is -0.131. The first-order chi connectivity index (χ1) is 13.8. The number of benzene rings is 1. The van der Waals surface area contributed by atoms with Gasteiger partial charge in [-0.05, 0) is 38.5 Å². The third-order valence-electron chi connectivity index (χ3n) is 3.70. The molecule has 1 aromatic heterocycles. The summed E-state index contributed by atoms with van der Waals surface area (Å²) in [5, 5.41) is 2.76. The van der Waals surface area contributed by atoms with Crippen molar-refractivity contribution in [3.8, 4) is 5.75 Å². The average molecular weight is 419 g/mol. The molecule has 8 nitrogen and oxygen atoms in total. The fourth-order valence-electron chi connectivity index (χ4n) is 2.51. The molecule has 1 heterocycles. The van der Waals surface area contributed by atoms with Crippen molar-refractivity contribution >= 4 is 40.2 Å². The number of anilines is 1. The number of rotatable bonds is 7. The maximum absolute atomic E-state index is 12.8. The van der Waals surface area contributed by atoms with Gasteiger partial charge >= 0.3 is 17.9 Å². The van der Waals surface area contributed by atoms with Crippen molar-refractivity contribution < 1.29 is 33.4 Å². The number of hydrogen-bond acceptors (Lipinski definition) is 8. The highest BCUT2D eigenvalue weighted by molar-refractivity contribution is 7.18. The van der Waals surface area contributed by atoms with Gasteiger partial charge < -0.3 is 19.5 Å². The molecule has 0 radical (unpaired) electrons. The Hall–Kier alpha value is -3.20. The van der Waals surface area contributed by atoms with Crippen LogP contribution in [0.4, 0.5) is 5.00 Å². The molecule has 0 aliphatic rings. The third-order valence-corrected chi connectivity index (χ3v) is 4.89. The molecule has 0 saturated heterocycles. The van der Waals surface area contributed by atoms with Crippen LogP contribution in [0.25, 0.3) is 0 Å². The van der Waals surface area contributed by atoms with E-state index in [0.29, 0.717) is 5.56 Å². The quantitative estimate of drug-likeness (QED) is 0.540. The number of esters is 3. The summed E-state index contributed by atoms with van der Waals surface area (Å²) in [6.45, 7) is 6.42. The van der Waals surface area contributed by atoms with E-state index in [2.05, 4.69) is 5.32 Å². The molecule has 0 spiro atoms. The Morgan fingerprint density at radius 2 is 1.62 bits per heavy atom. The average Bonchev–Trinajstić information content (AvgIpc) is 2.98. The molecule has 0 aliphatic carbocycles. The van der Waals surface area contributed by atoms with Gasteiger partial charge in [0.25, 0.3) is 5.91 Å². The first-order valence-corrected chi connectivity index (χ1v) is 9.68. The maximum Gasteiger partial charge on any atom is 0.348 e. The van der Waals surface area contributed by atoms with Crippen LogP contribution in [0.1, 0.15) is 56.7 Å². The van der Waals surface area contributed by atoms with E-state index in [1.165, 1.54) is 19.1 Å². The number of nitrogens with one attached hydrogen (secondary N) is 1. The third kappa shape index (κ3) is 5.20. The maximum atomic E-state index is 12.8. The van der Waals surface area contributed by atoms with Crippen molar-refractivity contribution in [2.75, 3.05) is 18.5 Å². The summed E-state index contributed by atoms with van der Waals surface area (Å²) in [5.74, 6) is -2.37. The highest BCUT2D eigenvalue weighted by atomic mass is 32.1. The van der Waals surface area contributed by atoms with E-state index in [4.69, 9.17) is 14.2 Å². The minimum atomic E-state index is -0.666. The molecule has 1 amide bonds. The number of carbonyl (C=O) groups is 4. The van der Waals surface area contributed by atoms with Gasteiger partial charge in [0, 0.05) is 6.92 Å². The molecule has 1 aromatic carbocycles. The standard InChI is InChI=1S/C20H21NO7S/c1-5-26-19(24)15-11(3)16(20(25)27-6-2)29-18(15)21-17(23)13-9-7-8-10-14(13)28-12(4)22/h7-10H,5-6H2,1-4H3,(H,21,23). The SMILES string of the molecule is CCOC(=O)c1sc(NC(=O)c2ccccc2OC(C)=O)c(C(=O)OCC)c1C. The van der Waals surface area contributed by atoms with Gasteiger partial charge in [-0.15, -0.1) is 11.3 Å². The minimum absolute atomic E-state index is 0.0779. The summed E-state index contributed by atoms with van der Waals surface area (Å²) in [7, 11) is 0. The molecule has 2 rings (SSSR count). The summed E-state index contributed by atoms with van der Waals surface area (Å²) >= 11 is 0.916. The van der Waals surface area contributed by atoms with Crippen LogP contribution in [-0.4, -0.2) is 37.0 Å². The predicted octanol–water partition coefficient (Wildman–Crippen LogP) is 3.59. The second kappa shape index (κ2) is 9.83. The van der Waals surface area contributed by atoms with Crippen LogP contribution in [-0.2, 0) is 14.3 Å². The number of para-hydroxylation sites is 1. The molecular formula is C20H21NO7S. The van der Waals surface area contributed by atoms with Crippen molar-refractivity contribution in [2.24, 2.45) is 0 Å². The van der Waals surface area contributed by atoms with Crippen LogP contribution in [0, 0.1) is 6.92 Å². The monoisotopic (exact) mass is 419 g/mol. The second-order valence-corrected chi connectivity index (χ2v) is 6.77. The molecule has 0 fully saturated rings. The molecule has 1 N–H and O–H groups in total. The zero-order valence-corrected chi connectivity index (χ0v) is 17.3. The van der Waals surface area contributed by atoms with Crippen LogP contribution in [0.2, 0.25) is 0 Å². The Balaban J connectivity index is 2.45. The molecule has 9 heteroatoms. The minimum Gasteiger partial charge on any atom is -0.462 e. The van der Waals surface area contributed by atoms with Gasteiger partial charge in [0.05, 0.1) is 24.3 Å². The van der Waals surface area contributed by atoms with Crippen molar-refractivity contribution in [2.45, 2.75) is 27.7 Å². The lowest BCUT2D eigenvalue weighted by Gasteiger charge is -2.10. The van der Waals surface area contributed by atoms with Crippen LogP contribution in [0.5, 0.6) is 5.75 Å². The van der Waals surface area contributed by atoms with Gasteiger partial charge in [0.15, 0.2) is 0 Å². The molecule has 0 atom stereocenters. The van der Waals surface area contributed by atoms with Crippen LogP contribution in [0.3, 0.4) is 0 Å². The van der Waals surface area contributed by atoms with Gasteiger partial charge in [0.1, 0.15) is 15.6 Å². The Bertz CT molecular complexity index is 948. The van der Waals surface area contributed by atoms with Crippen LogP contribution < -0.4 is 10.1 Å². The van der Waals surface area contributed by atoms with Gasteiger partial charge in [0.2, 0.25) is 0 Å². The zero-order valence-electron chi connectivity index (χ0n) is 16.5. The van der Waals surface area contributed by atoms with E-state index >= 15 is 0 Å². The van der Waals surface area contributed by atoms with E-state index in [1.807, 2.05) is 0 Å². The topological polar surface area (TPSA) is 108 Å². The molecule has 154 valence electrons. The summed E-state index contributed by atoms with van der Waals surface area (Å²) < 4.78 is 15.1. The lowest BCUT2D eigenvalue weighted by Crippen LogP contribution is -2.16. The normalized spacial score (nSPS) is 10.2. The molecule has 0 unspecified atom stereocenters. The number of thiophene rings is 1. The number of carbonyl (C=O) groups excluding carboxylic acids is 4. The van der Waals surface area contributed by atoms with E-state index in [0.717, 1.165) is 11.3 Å². The van der Waals surface area contributed by atoms with Crippen molar-refractivity contribution in [1.29, 1.82) is 0 Å². The molecular weight excluding hydrogens is 398 g/mol. The van der Waals surface area contributed by atoms with E-state index in [-0.39, 0.29) is 40.0 Å².